The van der Waals surface area contributed by atoms with Crippen molar-refractivity contribution in [1.82, 2.24) is 4.90 Å². The Hall–Kier alpha value is -1.39. The predicted octanol–water partition coefficient (Wildman–Crippen LogP) is 2.42. The summed E-state index contributed by atoms with van der Waals surface area (Å²) in [6, 6.07) is 9.43. The maximum absolute atomic E-state index is 13.0. The highest BCUT2D eigenvalue weighted by molar-refractivity contribution is 5.95. The van der Waals surface area contributed by atoms with Crippen LogP contribution in [0, 0.1) is 5.92 Å². The quantitative estimate of drug-likeness (QED) is 0.909. The first-order valence-electron chi connectivity index (χ1n) is 7.74. The molecule has 1 spiro atoms. The van der Waals surface area contributed by atoms with Gasteiger partial charge in [-0.15, -0.1) is 0 Å². The summed E-state index contributed by atoms with van der Waals surface area (Å²) in [5.41, 5.74) is 0.0794. The third kappa shape index (κ3) is 2.47. The molecule has 1 heterocycles. The molecular formula is C17H23NO3. The molecule has 21 heavy (non-hydrogen) atoms. The molecule has 2 aliphatic rings. The van der Waals surface area contributed by atoms with Crippen LogP contribution in [-0.2, 0) is 4.74 Å². The monoisotopic (exact) mass is 289 g/mol. The Kier molecular flexibility index (Phi) is 3.76. The number of hydrogen-bond donors (Lipinski definition) is 1. The number of amides is 1. The lowest BCUT2D eigenvalue weighted by Crippen LogP contribution is -2.51. The molecule has 4 heteroatoms. The molecule has 1 aromatic rings. The molecule has 3 atom stereocenters. The van der Waals surface area contributed by atoms with E-state index in [4.69, 9.17) is 4.74 Å². The van der Waals surface area contributed by atoms with Crippen LogP contribution >= 0.6 is 0 Å². The lowest BCUT2D eigenvalue weighted by Gasteiger charge is -2.37. The van der Waals surface area contributed by atoms with E-state index in [0.717, 1.165) is 6.42 Å². The van der Waals surface area contributed by atoms with Crippen LogP contribution in [0.15, 0.2) is 30.3 Å². The van der Waals surface area contributed by atoms with Gasteiger partial charge in [-0.25, -0.2) is 0 Å². The zero-order valence-electron chi connectivity index (χ0n) is 12.7. The van der Waals surface area contributed by atoms with E-state index in [9.17, 15) is 9.90 Å². The Labute approximate surface area is 125 Å². The SMILES string of the molecule is CC(C)[C@@H]1CO[C@]2(CC[C@@H](O)C2)N1C(=O)c1ccccc1. The lowest BCUT2D eigenvalue weighted by molar-refractivity contribution is -0.0718. The molecule has 0 unspecified atom stereocenters. The van der Waals surface area contributed by atoms with Crippen molar-refractivity contribution in [3.05, 3.63) is 35.9 Å². The first kappa shape index (κ1) is 14.5. The molecule has 2 fully saturated rings. The first-order valence-corrected chi connectivity index (χ1v) is 7.74. The van der Waals surface area contributed by atoms with Crippen LogP contribution in [-0.4, -0.2) is 40.4 Å². The molecule has 0 aromatic heterocycles. The number of benzene rings is 1. The van der Waals surface area contributed by atoms with Gasteiger partial charge in [0.2, 0.25) is 0 Å². The molecule has 1 aliphatic carbocycles. The summed E-state index contributed by atoms with van der Waals surface area (Å²) in [5, 5.41) is 9.93. The second kappa shape index (κ2) is 5.43. The second-order valence-corrected chi connectivity index (χ2v) is 6.51. The lowest BCUT2D eigenvalue weighted by atomic mass is 9.99. The zero-order chi connectivity index (χ0) is 15.0. The van der Waals surface area contributed by atoms with Crippen molar-refractivity contribution in [1.29, 1.82) is 0 Å². The second-order valence-electron chi connectivity index (χ2n) is 6.51. The summed E-state index contributed by atoms with van der Waals surface area (Å²) in [6.07, 6.45) is 1.57. The van der Waals surface area contributed by atoms with E-state index in [1.54, 1.807) is 0 Å². The van der Waals surface area contributed by atoms with Crippen LogP contribution in [0.5, 0.6) is 0 Å². The highest BCUT2D eigenvalue weighted by Crippen LogP contribution is 2.44. The fourth-order valence-corrected chi connectivity index (χ4v) is 3.55. The van der Waals surface area contributed by atoms with Crippen molar-refractivity contribution in [3.63, 3.8) is 0 Å². The number of aliphatic hydroxyl groups is 1. The zero-order valence-corrected chi connectivity index (χ0v) is 12.7. The molecule has 1 amide bonds. The van der Waals surface area contributed by atoms with Gasteiger partial charge in [0.15, 0.2) is 0 Å². The normalized spacial score (nSPS) is 32.3. The van der Waals surface area contributed by atoms with Gasteiger partial charge in [0.1, 0.15) is 5.72 Å². The molecule has 1 N–H and O–H groups in total. The predicted molar refractivity (Wildman–Crippen MR) is 79.8 cm³/mol. The van der Waals surface area contributed by atoms with Crippen molar-refractivity contribution in [2.75, 3.05) is 6.61 Å². The maximum Gasteiger partial charge on any atom is 0.256 e. The standard InChI is InChI=1S/C17H23NO3/c1-12(2)15-11-21-17(9-8-14(19)10-17)18(15)16(20)13-6-4-3-5-7-13/h3-7,12,14-15,19H,8-11H2,1-2H3/t14-,15+,17+/m1/s1. The smallest absolute Gasteiger partial charge is 0.256 e. The van der Waals surface area contributed by atoms with Crippen molar-refractivity contribution >= 4 is 5.91 Å². The highest BCUT2D eigenvalue weighted by atomic mass is 16.5. The fourth-order valence-electron chi connectivity index (χ4n) is 3.55. The molecular weight excluding hydrogens is 266 g/mol. The highest BCUT2D eigenvalue weighted by Gasteiger charge is 2.54. The number of carbonyl (C=O) groups excluding carboxylic acids is 1. The van der Waals surface area contributed by atoms with Gasteiger partial charge in [-0.3, -0.25) is 4.79 Å². The van der Waals surface area contributed by atoms with E-state index in [1.165, 1.54) is 0 Å². The number of hydrogen-bond acceptors (Lipinski definition) is 3. The van der Waals surface area contributed by atoms with E-state index in [2.05, 4.69) is 13.8 Å². The van der Waals surface area contributed by atoms with Crippen molar-refractivity contribution in [2.24, 2.45) is 5.92 Å². The summed E-state index contributed by atoms with van der Waals surface area (Å²) in [7, 11) is 0. The van der Waals surface area contributed by atoms with Gasteiger partial charge in [-0.1, -0.05) is 32.0 Å². The van der Waals surface area contributed by atoms with Crippen LogP contribution in [0.3, 0.4) is 0 Å². The van der Waals surface area contributed by atoms with E-state index in [-0.39, 0.29) is 18.1 Å². The Bertz CT molecular complexity index is 516. The summed E-state index contributed by atoms with van der Waals surface area (Å²) in [5.74, 6) is 0.343. The van der Waals surface area contributed by atoms with E-state index >= 15 is 0 Å². The third-order valence-corrected chi connectivity index (χ3v) is 4.73. The van der Waals surface area contributed by atoms with Crippen molar-refractivity contribution < 1.29 is 14.6 Å². The molecule has 0 radical (unpaired) electrons. The van der Waals surface area contributed by atoms with Gasteiger partial charge >= 0.3 is 0 Å². The largest absolute Gasteiger partial charge is 0.393 e. The Morgan fingerprint density at radius 2 is 2.10 bits per heavy atom. The van der Waals surface area contributed by atoms with Crippen LogP contribution in [0.4, 0.5) is 0 Å². The van der Waals surface area contributed by atoms with Crippen molar-refractivity contribution in [3.8, 4) is 0 Å². The van der Waals surface area contributed by atoms with Crippen LogP contribution < -0.4 is 0 Å². The van der Waals surface area contributed by atoms with E-state index in [1.807, 2.05) is 35.2 Å². The number of carbonyl (C=O) groups is 1. The maximum atomic E-state index is 13.0. The van der Waals surface area contributed by atoms with Gasteiger partial charge < -0.3 is 14.7 Å². The minimum Gasteiger partial charge on any atom is -0.393 e. The van der Waals surface area contributed by atoms with Gasteiger partial charge in [-0.05, 0) is 30.9 Å². The van der Waals surface area contributed by atoms with E-state index < -0.39 is 5.72 Å². The summed E-state index contributed by atoms with van der Waals surface area (Å²) in [6.45, 7) is 4.79. The van der Waals surface area contributed by atoms with Crippen LogP contribution in [0.1, 0.15) is 43.5 Å². The third-order valence-electron chi connectivity index (χ3n) is 4.73. The Morgan fingerprint density at radius 3 is 2.67 bits per heavy atom. The first-order chi connectivity index (χ1) is 10.0. The van der Waals surface area contributed by atoms with E-state index in [0.29, 0.717) is 30.9 Å². The average Bonchev–Trinajstić information content (AvgIpc) is 3.03. The number of ether oxygens (including phenoxy) is 1. The minimum absolute atomic E-state index is 0.0147. The van der Waals surface area contributed by atoms with Gasteiger partial charge in [0.05, 0.1) is 18.8 Å². The molecule has 4 nitrogen and oxygen atoms in total. The average molecular weight is 289 g/mol. The van der Waals surface area contributed by atoms with Gasteiger partial charge in [-0.2, -0.15) is 0 Å². The number of aliphatic hydroxyl groups excluding tert-OH is 1. The Morgan fingerprint density at radius 1 is 1.38 bits per heavy atom. The number of rotatable bonds is 2. The molecule has 1 aliphatic heterocycles. The van der Waals surface area contributed by atoms with Crippen LogP contribution in [0.25, 0.3) is 0 Å². The van der Waals surface area contributed by atoms with Crippen LogP contribution in [0.2, 0.25) is 0 Å². The number of nitrogens with zero attached hydrogens (tertiary/aromatic N) is 1. The topological polar surface area (TPSA) is 49.8 Å². The van der Waals surface area contributed by atoms with Gasteiger partial charge in [0, 0.05) is 12.0 Å². The van der Waals surface area contributed by atoms with Crippen molar-refractivity contribution in [2.45, 2.75) is 51.0 Å². The molecule has 3 rings (SSSR count). The summed E-state index contributed by atoms with van der Waals surface area (Å²) >= 11 is 0. The molecule has 114 valence electrons. The Balaban J connectivity index is 1.95. The molecule has 1 saturated carbocycles. The molecule has 1 saturated heterocycles. The van der Waals surface area contributed by atoms with Gasteiger partial charge in [0.25, 0.3) is 5.91 Å². The summed E-state index contributed by atoms with van der Waals surface area (Å²) < 4.78 is 6.05. The fraction of sp³-hybridized carbons (Fsp3) is 0.588. The molecule has 1 aromatic carbocycles. The minimum atomic E-state index is -0.610. The summed E-state index contributed by atoms with van der Waals surface area (Å²) in [4.78, 5) is 14.9. The molecule has 0 bridgehead atoms.